The topological polar surface area (TPSA) is 136 Å². The van der Waals surface area contributed by atoms with E-state index < -0.39 is 20.0 Å². The van der Waals surface area contributed by atoms with E-state index in [9.17, 15) is 14.7 Å². The van der Waals surface area contributed by atoms with Crippen LogP contribution >= 0.6 is 0 Å². The molecule has 0 spiro atoms. The highest BCUT2D eigenvalue weighted by Gasteiger charge is 2.26. The number of carboxylic acid groups (broad SMARTS) is 1. The number of nitrogens with zero attached hydrogens (tertiary/aromatic N) is 4. The number of nitrogens with two attached hydrogens (primary N) is 1. The van der Waals surface area contributed by atoms with Crippen molar-refractivity contribution in [2.45, 2.75) is 104 Å². The molecule has 2 aromatic rings. The average molecular weight is 573 g/mol. The van der Waals surface area contributed by atoms with Crippen molar-refractivity contribution in [1.82, 2.24) is 14.8 Å². The number of nitrogens with one attached hydrogen (secondary N) is 1. The number of primary amides is 1. The lowest BCUT2D eigenvalue weighted by Gasteiger charge is -2.38. The van der Waals surface area contributed by atoms with Gasteiger partial charge in [-0.3, -0.25) is 9.59 Å². The van der Waals surface area contributed by atoms with Crippen molar-refractivity contribution in [2.75, 3.05) is 23.4 Å². The smallest absolute Gasteiger partial charge is 0.303 e. The zero-order valence-corrected chi connectivity index (χ0v) is 26.1. The number of hydrogen-bond acceptors (Lipinski definition) is 7. The molecule has 1 aromatic heterocycles. The second-order valence-electron chi connectivity index (χ2n) is 12.7. The Hall–Kier alpha value is -2.92. The molecule has 222 valence electrons. The van der Waals surface area contributed by atoms with Crippen LogP contribution < -0.4 is 16.0 Å². The maximum Gasteiger partial charge on any atom is 0.303 e. The van der Waals surface area contributed by atoms with E-state index in [4.69, 9.17) is 10.5 Å². The third-order valence-electron chi connectivity index (χ3n) is 7.31. The van der Waals surface area contributed by atoms with E-state index >= 15 is 0 Å². The number of rotatable bonds is 15. The summed E-state index contributed by atoms with van der Waals surface area (Å²) < 4.78 is 7.22. The molecule has 3 rings (SSSR count). The number of carbonyl (C=O) groups is 2. The molecule has 1 aliphatic carbocycles. The van der Waals surface area contributed by atoms with Crippen molar-refractivity contribution in [3.8, 4) is 0 Å². The molecule has 1 heterocycles. The number of carbonyl (C=O) groups excluding carboxylic acids is 1. The standard InChI is InChI=1S/C29H48N6O4Si/c1-20(2)18-34(23-10-8-7-9-11-23)25-13-12-22(21(3)16-26(36)37)17-24(25)31-29-32-28(27(30)38)35(33-29)19-39-14-15-40(4,5)6/h12-13,17,20-21,23H,7-11,14-16,18-19H2,1-6H3,(H2,30,38)(H,31,33)(H,36,37). The summed E-state index contributed by atoms with van der Waals surface area (Å²) in [6, 6.07) is 7.52. The van der Waals surface area contributed by atoms with Gasteiger partial charge < -0.3 is 25.8 Å². The molecule has 10 nitrogen and oxygen atoms in total. The molecule has 4 N–H and O–H groups in total. The number of carboxylic acids is 1. The van der Waals surface area contributed by atoms with Gasteiger partial charge in [0.25, 0.3) is 5.91 Å². The van der Waals surface area contributed by atoms with Crippen molar-refractivity contribution in [3.63, 3.8) is 0 Å². The highest BCUT2D eigenvalue weighted by molar-refractivity contribution is 6.76. The average Bonchev–Trinajstić information content (AvgIpc) is 3.27. The SMILES string of the molecule is CC(C)CN(c1ccc(C(C)CC(=O)O)cc1Nc1nc(C(N)=O)n(COCC[Si](C)(C)C)n1)C1CCCCC1. The second kappa shape index (κ2) is 14.1. The van der Waals surface area contributed by atoms with Gasteiger partial charge in [-0.1, -0.05) is 65.7 Å². The molecule has 0 radical (unpaired) electrons. The number of anilines is 3. The number of ether oxygens (including phenoxy) is 1. The van der Waals surface area contributed by atoms with Crippen LogP contribution in [0, 0.1) is 5.92 Å². The molecule has 0 bridgehead atoms. The lowest BCUT2D eigenvalue weighted by atomic mass is 9.92. The van der Waals surface area contributed by atoms with E-state index in [1.165, 1.54) is 23.9 Å². The fourth-order valence-corrected chi connectivity index (χ4v) is 5.89. The van der Waals surface area contributed by atoms with Gasteiger partial charge in [0.2, 0.25) is 11.8 Å². The van der Waals surface area contributed by atoms with Gasteiger partial charge in [-0.15, -0.1) is 5.10 Å². The van der Waals surface area contributed by atoms with E-state index in [2.05, 4.69) is 59.9 Å². The lowest BCUT2D eigenvalue weighted by Crippen LogP contribution is -2.39. The van der Waals surface area contributed by atoms with Crippen LogP contribution in [-0.2, 0) is 16.3 Å². The molecule has 1 atom stereocenters. The van der Waals surface area contributed by atoms with E-state index in [1.807, 2.05) is 19.1 Å². The van der Waals surface area contributed by atoms with E-state index in [0.717, 1.165) is 42.4 Å². The van der Waals surface area contributed by atoms with E-state index in [0.29, 0.717) is 18.6 Å². The Kier molecular flexibility index (Phi) is 11.2. The van der Waals surface area contributed by atoms with Crippen LogP contribution in [0.15, 0.2) is 18.2 Å². The second-order valence-corrected chi connectivity index (χ2v) is 18.3. The molecule has 1 fully saturated rings. The molecule has 40 heavy (non-hydrogen) atoms. The van der Waals surface area contributed by atoms with Crippen LogP contribution in [0.5, 0.6) is 0 Å². The Morgan fingerprint density at radius 3 is 2.50 bits per heavy atom. The van der Waals surface area contributed by atoms with Gasteiger partial charge >= 0.3 is 5.97 Å². The third-order valence-corrected chi connectivity index (χ3v) is 9.01. The monoisotopic (exact) mass is 572 g/mol. The third kappa shape index (κ3) is 9.33. The predicted molar refractivity (Wildman–Crippen MR) is 162 cm³/mol. The summed E-state index contributed by atoms with van der Waals surface area (Å²) in [5.74, 6) is -0.963. The van der Waals surface area contributed by atoms with E-state index in [-0.39, 0.29) is 30.8 Å². The number of benzene rings is 1. The van der Waals surface area contributed by atoms with E-state index in [1.54, 1.807) is 0 Å². The van der Waals surface area contributed by atoms with Crippen LogP contribution in [0.25, 0.3) is 0 Å². The quantitative estimate of drug-likeness (QED) is 0.180. The van der Waals surface area contributed by atoms with Crippen LogP contribution in [0.1, 0.15) is 81.4 Å². The fraction of sp³-hybridized carbons (Fsp3) is 0.655. The molecule has 1 aliphatic rings. The van der Waals surface area contributed by atoms with Crippen LogP contribution in [0.3, 0.4) is 0 Å². The van der Waals surface area contributed by atoms with Gasteiger partial charge in [-0.05, 0) is 48.4 Å². The summed E-state index contributed by atoms with van der Waals surface area (Å²) in [6.45, 7) is 14.7. The Balaban J connectivity index is 1.96. The number of aromatic nitrogens is 3. The normalized spacial score (nSPS) is 15.3. The summed E-state index contributed by atoms with van der Waals surface area (Å²) in [5.41, 5.74) is 8.35. The summed E-state index contributed by atoms with van der Waals surface area (Å²) >= 11 is 0. The van der Waals surface area contributed by atoms with Gasteiger partial charge in [0, 0.05) is 27.3 Å². The van der Waals surface area contributed by atoms with Gasteiger partial charge in [0.05, 0.1) is 17.8 Å². The van der Waals surface area contributed by atoms with Crippen molar-refractivity contribution < 1.29 is 19.4 Å². The van der Waals surface area contributed by atoms with Crippen molar-refractivity contribution >= 4 is 37.3 Å². The zero-order valence-electron chi connectivity index (χ0n) is 25.1. The van der Waals surface area contributed by atoms with Crippen molar-refractivity contribution in [3.05, 3.63) is 29.6 Å². The number of amides is 1. The number of aliphatic carboxylic acids is 1. The fourth-order valence-electron chi connectivity index (χ4n) is 5.14. The molecular formula is C29H48N6O4Si. The summed E-state index contributed by atoms with van der Waals surface area (Å²) in [5, 5.41) is 17.3. The Morgan fingerprint density at radius 1 is 1.20 bits per heavy atom. The Morgan fingerprint density at radius 2 is 1.90 bits per heavy atom. The molecule has 1 aromatic carbocycles. The Bertz CT molecular complexity index is 1140. The highest BCUT2D eigenvalue weighted by atomic mass is 28.3. The van der Waals surface area contributed by atoms with Crippen molar-refractivity contribution in [2.24, 2.45) is 11.7 Å². The zero-order chi connectivity index (χ0) is 29.4. The molecule has 0 aliphatic heterocycles. The Labute approximate surface area is 239 Å². The summed E-state index contributed by atoms with van der Waals surface area (Å²) in [6.07, 6.45) is 5.99. The first-order valence-electron chi connectivity index (χ1n) is 14.6. The lowest BCUT2D eigenvalue weighted by molar-refractivity contribution is -0.137. The molecule has 1 amide bonds. The highest BCUT2D eigenvalue weighted by Crippen LogP contribution is 2.37. The van der Waals surface area contributed by atoms with Crippen LogP contribution in [-0.4, -0.2) is 59.0 Å². The molecule has 0 saturated heterocycles. The molecule has 1 saturated carbocycles. The summed E-state index contributed by atoms with van der Waals surface area (Å²) in [4.78, 5) is 30.5. The molecule has 1 unspecified atom stereocenters. The van der Waals surface area contributed by atoms with Crippen LogP contribution in [0.4, 0.5) is 17.3 Å². The molecular weight excluding hydrogens is 524 g/mol. The maximum atomic E-state index is 12.2. The minimum atomic E-state index is -1.26. The first kappa shape index (κ1) is 31.6. The summed E-state index contributed by atoms with van der Waals surface area (Å²) in [7, 11) is -1.26. The minimum Gasteiger partial charge on any atom is -0.481 e. The maximum absolute atomic E-state index is 12.2. The van der Waals surface area contributed by atoms with Gasteiger partial charge in [0.15, 0.2) is 0 Å². The van der Waals surface area contributed by atoms with Gasteiger partial charge in [-0.2, -0.15) is 4.98 Å². The first-order valence-corrected chi connectivity index (χ1v) is 18.3. The predicted octanol–water partition coefficient (Wildman–Crippen LogP) is 5.81. The van der Waals surface area contributed by atoms with Gasteiger partial charge in [0.1, 0.15) is 6.73 Å². The minimum absolute atomic E-state index is 0.0266. The number of hydrogen-bond donors (Lipinski definition) is 3. The first-order chi connectivity index (χ1) is 18.8. The van der Waals surface area contributed by atoms with Crippen molar-refractivity contribution in [1.29, 1.82) is 0 Å². The van der Waals surface area contributed by atoms with Crippen LogP contribution in [0.2, 0.25) is 25.7 Å². The largest absolute Gasteiger partial charge is 0.481 e. The molecule has 11 heteroatoms. The van der Waals surface area contributed by atoms with Gasteiger partial charge in [-0.25, -0.2) is 4.68 Å².